The van der Waals surface area contributed by atoms with Crippen molar-refractivity contribution in [3.63, 3.8) is 0 Å². The van der Waals surface area contributed by atoms with Gasteiger partial charge in [-0.2, -0.15) is 4.98 Å². The molecule has 2 aromatic heterocycles. The van der Waals surface area contributed by atoms with Crippen LogP contribution in [-0.4, -0.2) is 55.7 Å². The van der Waals surface area contributed by atoms with Gasteiger partial charge < -0.3 is 9.29 Å². The summed E-state index contributed by atoms with van der Waals surface area (Å²) in [6.07, 6.45) is 3.81. The monoisotopic (exact) mass is 367 g/mol. The minimum atomic E-state index is -1.28. The molecule has 7 heteroatoms. The predicted molar refractivity (Wildman–Crippen MR) is 103 cm³/mol. The quantitative estimate of drug-likeness (QED) is 0.396. The molecular weight excluding hydrogens is 345 g/mol. The van der Waals surface area contributed by atoms with E-state index in [1.807, 2.05) is 37.3 Å². The van der Waals surface area contributed by atoms with Gasteiger partial charge in [0.1, 0.15) is 5.75 Å². The summed E-state index contributed by atoms with van der Waals surface area (Å²) in [7, 11) is 0. The number of fused-ring (bicyclic) bond motifs is 1. The average molecular weight is 367 g/mol. The van der Waals surface area contributed by atoms with Crippen LogP contribution in [-0.2, 0) is 16.9 Å². The van der Waals surface area contributed by atoms with Crippen molar-refractivity contribution in [2.45, 2.75) is 37.6 Å². The molecule has 0 radical (unpaired) electrons. The van der Waals surface area contributed by atoms with Crippen molar-refractivity contribution in [1.82, 2.24) is 15.0 Å². The molecule has 0 fully saturated rings. The molecule has 5 nitrogen and oxygen atoms in total. The zero-order valence-corrected chi connectivity index (χ0v) is 14.7. The van der Waals surface area contributed by atoms with E-state index >= 15 is 0 Å². The van der Waals surface area contributed by atoms with E-state index in [2.05, 4.69) is 21.9 Å². The summed E-state index contributed by atoms with van der Waals surface area (Å²) in [5.74, 6) is 1.13. The summed E-state index contributed by atoms with van der Waals surface area (Å²) in [5.41, 5.74) is 3.44. The Bertz CT molecular complexity index is 792. The number of benzene rings is 1. The van der Waals surface area contributed by atoms with Gasteiger partial charge in [0.05, 0.1) is 23.3 Å². The van der Waals surface area contributed by atoms with Gasteiger partial charge in [0.25, 0.3) is 0 Å². The van der Waals surface area contributed by atoms with E-state index in [1.54, 1.807) is 6.20 Å². The van der Waals surface area contributed by atoms with Gasteiger partial charge in [-0.05, 0) is 31.5 Å². The Morgan fingerprint density at radius 3 is 2.80 bits per heavy atom. The van der Waals surface area contributed by atoms with Gasteiger partial charge in [-0.15, -0.1) is 0 Å². The fourth-order valence-electron chi connectivity index (χ4n) is 2.42. The molecule has 25 heavy (non-hydrogen) atoms. The second-order valence-electron chi connectivity index (χ2n) is 5.63. The number of aromatic nitrogens is 3. The first-order chi connectivity index (χ1) is 11.7. The number of imidazole rings is 1. The van der Waals surface area contributed by atoms with Crippen molar-refractivity contribution in [3.05, 3.63) is 47.8 Å². The third kappa shape index (κ3) is 4.99. The van der Waals surface area contributed by atoms with Gasteiger partial charge in [-0.1, -0.05) is 25.5 Å². The normalized spacial score (nSPS) is 12.0. The Labute approximate surface area is 173 Å². The van der Waals surface area contributed by atoms with E-state index in [4.69, 9.17) is 4.74 Å². The molecule has 0 amide bonds. The second kappa shape index (κ2) is 9.59. The number of nitrogens with one attached hydrogen (secondary N) is 1. The van der Waals surface area contributed by atoms with Gasteiger partial charge in [-0.3, -0.25) is 9.97 Å². The fraction of sp³-hybridized carbons (Fsp3) is 0.333. The molecule has 3 aromatic rings. The molecule has 0 bridgehead atoms. The van der Waals surface area contributed by atoms with Gasteiger partial charge in [0.2, 0.25) is 0 Å². The van der Waals surface area contributed by atoms with Crippen LogP contribution in [0.5, 0.6) is 5.75 Å². The van der Waals surface area contributed by atoms with E-state index in [0.29, 0.717) is 17.5 Å². The number of aromatic amines is 1. The Kier molecular flexibility index (Phi) is 7.78. The van der Waals surface area contributed by atoms with Crippen LogP contribution in [0.3, 0.4) is 0 Å². The van der Waals surface area contributed by atoms with Crippen molar-refractivity contribution in [3.8, 4) is 5.75 Å². The van der Waals surface area contributed by atoms with E-state index < -0.39 is 11.2 Å². The van der Waals surface area contributed by atoms with Crippen molar-refractivity contribution >= 4 is 51.8 Å². The molecule has 0 aliphatic rings. The summed E-state index contributed by atoms with van der Waals surface area (Å²) in [6.45, 7) is 4.78. The number of nitrogens with zero attached hydrogens (tertiary/aromatic N) is 2. The van der Waals surface area contributed by atoms with Gasteiger partial charge in [0.15, 0.2) is 5.75 Å². The maximum absolute atomic E-state index is 12.6. The summed E-state index contributed by atoms with van der Waals surface area (Å²) in [5, 5.41) is 0.481. The molecule has 0 saturated carbocycles. The third-order valence-corrected chi connectivity index (χ3v) is 5.03. The first-order valence-electron chi connectivity index (χ1n) is 8.09. The molecule has 3 rings (SSSR count). The van der Waals surface area contributed by atoms with Crippen molar-refractivity contribution in [2.75, 3.05) is 6.61 Å². The van der Waals surface area contributed by atoms with Crippen LogP contribution in [0.4, 0.5) is 0 Å². The van der Waals surface area contributed by atoms with Crippen LogP contribution >= 0.6 is 0 Å². The molecule has 0 saturated heterocycles. The number of H-pyrrole nitrogens is 1. The van der Waals surface area contributed by atoms with Crippen LogP contribution in [0.2, 0.25) is 0 Å². The van der Waals surface area contributed by atoms with Crippen LogP contribution in [0.15, 0.2) is 41.7 Å². The van der Waals surface area contributed by atoms with Crippen LogP contribution in [0.25, 0.3) is 11.0 Å². The standard InChI is InChI=1S/C18H21N3O2S.Na.H/c1-3-4-11-23-17-9-10-19-16(13(17)2)12-24(22)18-20-14-7-5-6-8-15(14)21-18;;/h5-10H,3-4,11-12H2,1-2H3,(H,20,21);;. The minimum absolute atomic E-state index is 0. The molecule has 1 atom stereocenters. The maximum atomic E-state index is 12.6. The number of para-hydroxylation sites is 2. The number of hydrogen-bond donors (Lipinski definition) is 1. The third-order valence-electron chi connectivity index (χ3n) is 3.87. The van der Waals surface area contributed by atoms with Gasteiger partial charge in [0, 0.05) is 22.9 Å². The number of rotatable bonds is 7. The first kappa shape index (κ1) is 20.3. The Morgan fingerprint density at radius 2 is 2.04 bits per heavy atom. The zero-order valence-electron chi connectivity index (χ0n) is 13.9. The van der Waals surface area contributed by atoms with Crippen LogP contribution in [0.1, 0.15) is 31.0 Å². The molecule has 1 N–H and O–H groups in total. The number of ether oxygens (including phenoxy) is 1. The SMILES string of the molecule is CCCCOc1ccnc(C[S+]([O-])c2nc3ccccc3[nH]2)c1C.[NaH]. The Balaban J connectivity index is 0.00000225. The van der Waals surface area contributed by atoms with Crippen molar-refractivity contribution < 1.29 is 9.29 Å². The number of unbranched alkanes of at least 4 members (excludes halogenated alkanes) is 1. The molecule has 1 unspecified atom stereocenters. The topological polar surface area (TPSA) is 73.9 Å². The summed E-state index contributed by atoms with van der Waals surface area (Å²) >= 11 is -1.28. The Morgan fingerprint density at radius 1 is 1.24 bits per heavy atom. The van der Waals surface area contributed by atoms with E-state index in [0.717, 1.165) is 40.9 Å². The molecular formula is C18H22N3NaO2S. The summed E-state index contributed by atoms with van der Waals surface area (Å²) in [4.78, 5) is 11.9. The molecule has 1 aromatic carbocycles. The van der Waals surface area contributed by atoms with Crippen molar-refractivity contribution in [2.24, 2.45) is 0 Å². The molecule has 0 aliphatic heterocycles. The first-order valence-corrected chi connectivity index (χ1v) is 9.41. The summed E-state index contributed by atoms with van der Waals surface area (Å²) in [6, 6.07) is 9.53. The fourth-order valence-corrected chi connectivity index (χ4v) is 3.52. The second-order valence-corrected chi connectivity index (χ2v) is 7.00. The van der Waals surface area contributed by atoms with E-state index in [1.165, 1.54) is 0 Å². The van der Waals surface area contributed by atoms with Crippen LogP contribution in [0, 0.1) is 6.92 Å². The van der Waals surface area contributed by atoms with Crippen molar-refractivity contribution in [1.29, 1.82) is 0 Å². The molecule has 0 aliphatic carbocycles. The zero-order chi connectivity index (χ0) is 16.9. The van der Waals surface area contributed by atoms with Crippen LogP contribution < -0.4 is 4.74 Å². The van der Waals surface area contributed by atoms with E-state index in [-0.39, 0.29) is 29.6 Å². The molecule has 128 valence electrons. The van der Waals surface area contributed by atoms with Gasteiger partial charge in [-0.25, -0.2) is 0 Å². The average Bonchev–Trinajstić information content (AvgIpc) is 3.02. The summed E-state index contributed by atoms with van der Waals surface area (Å²) < 4.78 is 18.4. The molecule has 2 heterocycles. The predicted octanol–water partition coefficient (Wildman–Crippen LogP) is 3.10. The Hall–Kier alpha value is -1.05. The van der Waals surface area contributed by atoms with Gasteiger partial charge >= 0.3 is 34.7 Å². The number of hydrogen-bond acceptors (Lipinski definition) is 4. The number of pyridine rings is 1. The van der Waals surface area contributed by atoms with E-state index in [9.17, 15) is 4.55 Å². The molecule has 0 spiro atoms.